The lowest BCUT2D eigenvalue weighted by atomic mass is 9.90. The highest BCUT2D eigenvalue weighted by molar-refractivity contribution is 5.96. The quantitative estimate of drug-likeness (QED) is 0.201. The van der Waals surface area contributed by atoms with Gasteiger partial charge >= 0.3 is 0 Å². The summed E-state index contributed by atoms with van der Waals surface area (Å²) in [6, 6.07) is 20.7. The van der Waals surface area contributed by atoms with Gasteiger partial charge in [-0.2, -0.15) is 0 Å². The normalized spacial score (nSPS) is 12.7. The summed E-state index contributed by atoms with van der Waals surface area (Å²) in [5.74, 6) is 2.78. The highest BCUT2D eigenvalue weighted by atomic mass is 16.5. The third-order valence-electron chi connectivity index (χ3n) is 7.95. The maximum absolute atomic E-state index is 13.9. The number of aryl methyl sites for hydroxylation is 2. The van der Waals surface area contributed by atoms with E-state index >= 15 is 0 Å². The van der Waals surface area contributed by atoms with Gasteiger partial charge in [0.2, 0.25) is 5.91 Å². The van der Waals surface area contributed by atoms with Crippen LogP contribution in [0, 0.1) is 5.92 Å². The van der Waals surface area contributed by atoms with Crippen molar-refractivity contribution in [1.29, 1.82) is 0 Å². The molecule has 0 atom stereocenters. The molecule has 0 heterocycles. The Morgan fingerprint density at radius 2 is 1.55 bits per heavy atom. The molecule has 6 heteroatoms. The maximum atomic E-state index is 13.9. The second-order valence-corrected chi connectivity index (χ2v) is 11.8. The summed E-state index contributed by atoms with van der Waals surface area (Å²) in [6.45, 7) is 7.31. The molecule has 0 bridgehead atoms. The molecule has 42 heavy (non-hydrogen) atoms. The predicted octanol–water partition coefficient (Wildman–Crippen LogP) is 6.76. The number of hydrogen-bond acceptors (Lipinski definition) is 5. The fourth-order valence-corrected chi connectivity index (χ4v) is 5.57. The second kappa shape index (κ2) is 15.6. The van der Waals surface area contributed by atoms with Crippen molar-refractivity contribution in [2.24, 2.45) is 5.92 Å². The summed E-state index contributed by atoms with van der Waals surface area (Å²) < 4.78 is 17.0. The summed E-state index contributed by atoms with van der Waals surface area (Å²) in [6.07, 6.45) is 6.91. The smallest absolute Gasteiger partial charge is 0.231 e. The number of amides is 1. The van der Waals surface area contributed by atoms with Gasteiger partial charge in [0.1, 0.15) is 5.75 Å². The Morgan fingerprint density at radius 1 is 0.810 bits per heavy atom. The minimum absolute atomic E-state index is 0.110. The first kappa shape index (κ1) is 31.4. The number of carbonyl (C=O) groups excluding carboxylic acids is 1. The lowest BCUT2D eigenvalue weighted by molar-refractivity contribution is -0.118. The zero-order valence-corrected chi connectivity index (χ0v) is 26.2. The molecule has 226 valence electrons. The van der Waals surface area contributed by atoms with Gasteiger partial charge in [-0.15, -0.1) is 0 Å². The summed E-state index contributed by atoms with van der Waals surface area (Å²) in [5.41, 5.74) is 6.01. The third-order valence-corrected chi connectivity index (χ3v) is 7.95. The summed E-state index contributed by atoms with van der Waals surface area (Å²) >= 11 is 0. The predicted molar refractivity (Wildman–Crippen MR) is 171 cm³/mol. The van der Waals surface area contributed by atoms with Crippen LogP contribution in [0.2, 0.25) is 0 Å². The molecule has 0 aliphatic heterocycles. The molecule has 0 spiro atoms. The molecule has 3 aromatic carbocycles. The molecule has 1 aliphatic carbocycles. The number of carbonyl (C=O) groups is 1. The zero-order chi connectivity index (χ0) is 29.9. The number of fused-ring (bicyclic) bond motifs is 1. The van der Waals surface area contributed by atoms with Gasteiger partial charge in [0.25, 0.3) is 0 Å². The van der Waals surface area contributed by atoms with Crippen LogP contribution in [-0.4, -0.2) is 58.3 Å². The first-order valence-corrected chi connectivity index (χ1v) is 15.4. The van der Waals surface area contributed by atoms with Crippen LogP contribution in [0.1, 0.15) is 55.4 Å². The average Bonchev–Trinajstić information content (AvgIpc) is 3.01. The Kier molecular flexibility index (Phi) is 11.7. The van der Waals surface area contributed by atoms with Gasteiger partial charge < -0.3 is 24.0 Å². The van der Waals surface area contributed by atoms with E-state index in [0.29, 0.717) is 25.5 Å². The third kappa shape index (κ3) is 8.75. The number of ether oxygens (including phenoxy) is 3. The van der Waals surface area contributed by atoms with Gasteiger partial charge in [0.15, 0.2) is 11.5 Å². The van der Waals surface area contributed by atoms with E-state index < -0.39 is 0 Å². The molecule has 4 rings (SSSR count). The van der Waals surface area contributed by atoms with Gasteiger partial charge in [-0.1, -0.05) is 50.2 Å². The van der Waals surface area contributed by atoms with Crippen LogP contribution in [0.4, 0.5) is 5.69 Å². The van der Waals surface area contributed by atoms with Gasteiger partial charge in [-0.25, -0.2) is 0 Å². The standard InChI is InChI=1S/C36H48N2O4/c1-27(2)26-42-33-14-9-8-13-32(33)38(36(39)25-29-15-17-30-11-6-7-12-31(30)23-29)21-10-20-37(3)22-19-28-16-18-34(40-4)35(24-28)41-5/h8-9,13-18,23-24,27H,6-7,10-12,19-22,25-26H2,1-5H3. The van der Waals surface area contributed by atoms with Crippen LogP contribution in [0.5, 0.6) is 17.2 Å². The highest BCUT2D eigenvalue weighted by Gasteiger charge is 2.21. The molecule has 1 aliphatic rings. The van der Waals surface area contributed by atoms with Crippen LogP contribution in [0.25, 0.3) is 0 Å². The SMILES string of the molecule is COc1ccc(CCN(C)CCCN(C(=O)Cc2ccc3c(c2)CCCC3)c2ccccc2OCC(C)C)cc1OC. The molecule has 0 unspecified atom stereocenters. The molecular weight excluding hydrogens is 524 g/mol. The zero-order valence-electron chi connectivity index (χ0n) is 26.2. The van der Waals surface area contributed by atoms with Crippen LogP contribution in [0.15, 0.2) is 60.7 Å². The van der Waals surface area contributed by atoms with E-state index in [1.807, 2.05) is 41.3 Å². The van der Waals surface area contributed by atoms with Crippen LogP contribution in [-0.2, 0) is 30.5 Å². The minimum atomic E-state index is 0.110. The number of benzene rings is 3. The van der Waals surface area contributed by atoms with Crippen molar-refractivity contribution in [3.05, 3.63) is 82.9 Å². The fourth-order valence-electron chi connectivity index (χ4n) is 5.57. The van der Waals surface area contributed by atoms with Crippen molar-refractivity contribution >= 4 is 11.6 Å². The van der Waals surface area contributed by atoms with Crippen molar-refractivity contribution in [2.75, 3.05) is 52.4 Å². The Morgan fingerprint density at radius 3 is 2.31 bits per heavy atom. The summed E-state index contributed by atoms with van der Waals surface area (Å²) in [4.78, 5) is 18.2. The largest absolute Gasteiger partial charge is 0.493 e. The first-order chi connectivity index (χ1) is 20.4. The molecule has 0 fully saturated rings. The summed E-state index contributed by atoms with van der Waals surface area (Å²) in [7, 11) is 5.46. The Balaban J connectivity index is 1.42. The van der Waals surface area contributed by atoms with Crippen molar-refractivity contribution < 1.29 is 19.0 Å². The van der Waals surface area contributed by atoms with E-state index in [0.717, 1.165) is 67.3 Å². The Bertz CT molecular complexity index is 1310. The number of likely N-dealkylation sites (N-methyl/N-ethyl adjacent to an activating group) is 1. The van der Waals surface area contributed by atoms with E-state index in [1.165, 1.54) is 29.5 Å². The fraction of sp³-hybridized carbons (Fsp3) is 0.472. The van der Waals surface area contributed by atoms with Crippen molar-refractivity contribution in [3.63, 3.8) is 0 Å². The van der Waals surface area contributed by atoms with Crippen molar-refractivity contribution in [1.82, 2.24) is 4.90 Å². The van der Waals surface area contributed by atoms with Crippen LogP contribution >= 0.6 is 0 Å². The van der Waals surface area contributed by atoms with E-state index in [-0.39, 0.29) is 5.91 Å². The maximum Gasteiger partial charge on any atom is 0.231 e. The molecule has 6 nitrogen and oxygen atoms in total. The van der Waals surface area contributed by atoms with Crippen molar-refractivity contribution in [3.8, 4) is 17.2 Å². The number of anilines is 1. The molecule has 1 amide bonds. The number of nitrogens with zero attached hydrogens (tertiary/aromatic N) is 2. The number of methoxy groups -OCH3 is 2. The second-order valence-electron chi connectivity index (χ2n) is 11.8. The minimum Gasteiger partial charge on any atom is -0.493 e. The van der Waals surface area contributed by atoms with Crippen LogP contribution in [0.3, 0.4) is 0 Å². The Labute approximate surface area is 252 Å². The summed E-state index contributed by atoms with van der Waals surface area (Å²) in [5, 5.41) is 0. The monoisotopic (exact) mass is 572 g/mol. The van der Waals surface area contributed by atoms with E-state index in [1.54, 1.807) is 14.2 Å². The highest BCUT2D eigenvalue weighted by Crippen LogP contribution is 2.30. The van der Waals surface area contributed by atoms with Gasteiger partial charge in [-0.3, -0.25) is 4.79 Å². The van der Waals surface area contributed by atoms with E-state index in [4.69, 9.17) is 14.2 Å². The first-order valence-electron chi connectivity index (χ1n) is 15.4. The van der Waals surface area contributed by atoms with Gasteiger partial charge in [-0.05, 0) is 105 Å². The number of rotatable bonds is 15. The van der Waals surface area contributed by atoms with E-state index in [9.17, 15) is 4.79 Å². The molecule has 0 aromatic heterocycles. The van der Waals surface area contributed by atoms with Gasteiger partial charge in [0.05, 0.1) is 32.9 Å². The van der Waals surface area contributed by atoms with E-state index in [2.05, 4.69) is 50.1 Å². The molecule has 0 saturated heterocycles. The Hall–Kier alpha value is -3.51. The average molecular weight is 573 g/mol. The molecule has 3 aromatic rings. The molecular formula is C36H48N2O4. The lowest BCUT2D eigenvalue weighted by Gasteiger charge is -2.27. The van der Waals surface area contributed by atoms with Gasteiger partial charge in [0, 0.05) is 13.1 Å². The number of para-hydroxylation sites is 2. The van der Waals surface area contributed by atoms with Crippen LogP contribution < -0.4 is 19.1 Å². The molecule has 0 saturated carbocycles. The molecule has 0 radical (unpaired) electrons. The van der Waals surface area contributed by atoms with Crippen molar-refractivity contribution in [2.45, 2.75) is 58.8 Å². The molecule has 0 N–H and O–H groups in total. The lowest BCUT2D eigenvalue weighted by Crippen LogP contribution is -2.35. The topological polar surface area (TPSA) is 51.2 Å². The number of hydrogen-bond donors (Lipinski definition) is 0.